The molecule has 4 rings (SSSR count). The summed E-state index contributed by atoms with van der Waals surface area (Å²) in [6.45, 7) is 4.09. The van der Waals surface area contributed by atoms with Gasteiger partial charge in [-0.25, -0.2) is 8.42 Å². The zero-order valence-electron chi connectivity index (χ0n) is 16.9. The number of sulfonamides is 1. The van der Waals surface area contributed by atoms with Crippen LogP contribution in [0.25, 0.3) is 0 Å². The Morgan fingerprint density at radius 2 is 1.76 bits per heavy atom. The predicted molar refractivity (Wildman–Crippen MR) is 112 cm³/mol. The molecule has 3 heterocycles. The van der Waals surface area contributed by atoms with Crippen LogP contribution in [-0.4, -0.2) is 64.1 Å². The van der Waals surface area contributed by atoms with E-state index in [1.54, 1.807) is 16.4 Å². The first-order valence-electron chi connectivity index (χ1n) is 10.8. The number of amides is 1. The Kier molecular flexibility index (Phi) is 6.41. The molecule has 0 unspecified atom stereocenters. The van der Waals surface area contributed by atoms with Gasteiger partial charge in [0.25, 0.3) is 5.91 Å². The molecule has 1 N–H and O–H groups in total. The smallest absolute Gasteiger partial charge is 0.253 e. The third-order valence-electron chi connectivity index (χ3n) is 6.13. The maximum absolute atomic E-state index is 13.1. The lowest BCUT2D eigenvalue weighted by molar-refractivity contribution is 0.0858. The summed E-state index contributed by atoms with van der Waals surface area (Å²) in [5, 5.41) is 2.96. The molecule has 3 fully saturated rings. The molecule has 3 aliphatic rings. The molecule has 1 aromatic carbocycles. The van der Waals surface area contributed by atoms with E-state index in [2.05, 4.69) is 10.2 Å². The number of benzene rings is 1. The van der Waals surface area contributed by atoms with E-state index in [1.807, 2.05) is 6.07 Å². The van der Waals surface area contributed by atoms with Gasteiger partial charge in [-0.1, -0.05) is 6.42 Å². The van der Waals surface area contributed by atoms with Gasteiger partial charge >= 0.3 is 0 Å². The summed E-state index contributed by atoms with van der Waals surface area (Å²) in [6.07, 6.45) is 7.03. The largest absolute Gasteiger partial charge is 0.376 e. The highest BCUT2D eigenvalue weighted by atomic mass is 32.2. The molecule has 8 heteroatoms. The molecule has 0 saturated carbocycles. The van der Waals surface area contributed by atoms with Crippen molar-refractivity contribution >= 4 is 21.6 Å². The Hall–Kier alpha value is -1.64. The summed E-state index contributed by atoms with van der Waals surface area (Å²) >= 11 is 0. The van der Waals surface area contributed by atoms with Crippen LogP contribution in [0.15, 0.2) is 23.1 Å². The van der Waals surface area contributed by atoms with E-state index in [4.69, 9.17) is 4.74 Å². The fourth-order valence-corrected chi connectivity index (χ4v) is 6.00. The third-order valence-corrected chi connectivity index (χ3v) is 8.02. The van der Waals surface area contributed by atoms with E-state index in [-0.39, 0.29) is 16.9 Å². The Bertz CT molecular complexity index is 824. The van der Waals surface area contributed by atoms with Crippen molar-refractivity contribution in [1.29, 1.82) is 0 Å². The number of hydrogen-bond acceptors (Lipinski definition) is 5. The highest BCUT2D eigenvalue weighted by molar-refractivity contribution is 7.89. The molecule has 1 atom stereocenters. The molecule has 160 valence electrons. The van der Waals surface area contributed by atoms with Crippen LogP contribution < -0.4 is 10.2 Å². The first-order valence-corrected chi connectivity index (χ1v) is 12.3. The summed E-state index contributed by atoms with van der Waals surface area (Å²) < 4.78 is 33.4. The molecule has 3 saturated heterocycles. The fraction of sp³-hybridized carbons (Fsp3) is 0.667. The highest BCUT2D eigenvalue weighted by Gasteiger charge is 2.29. The summed E-state index contributed by atoms with van der Waals surface area (Å²) in [5.41, 5.74) is 1.27. The molecule has 3 aliphatic heterocycles. The van der Waals surface area contributed by atoms with Crippen molar-refractivity contribution in [2.75, 3.05) is 44.2 Å². The van der Waals surface area contributed by atoms with Crippen LogP contribution in [0, 0.1) is 0 Å². The van der Waals surface area contributed by atoms with Crippen molar-refractivity contribution in [1.82, 2.24) is 9.62 Å². The van der Waals surface area contributed by atoms with E-state index >= 15 is 0 Å². The topological polar surface area (TPSA) is 78.9 Å². The minimum absolute atomic E-state index is 0.0504. The Morgan fingerprint density at radius 3 is 2.45 bits per heavy atom. The van der Waals surface area contributed by atoms with Crippen molar-refractivity contribution in [3.8, 4) is 0 Å². The van der Waals surface area contributed by atoms with Gasteiger partial charge in [-0.15, -0.1) is 0 Å². The number of carbonyl (C=O) groups is 1. The molecule has 0 aliphatic carbocycles. The second-order valence-corrected chi connectivity index (χ2v) is 10.1. The van der Waals surface area contributed by atoms with Crippen molar-refractivity contribution in [2.45, 2.75) is 55.9 Å². The number of nitrogens with zero attached hydrogens (tertiary/aromatic N) is 2. The number of rotatable bonds is 6. The first kappa shape index (κ1) is 20.6. The van der Waals surface area contributed by atoms with Crippen molar-refractivity contribution in [3.63, 3.8) is 0 Å². The molecule has 0 spiro atoms. The lowest BCUT2D eigenvalue weighted by Crippen LogP contribution is -2.36. The maximum Gasteiger partial charge on any atom is 0.253 e. The highest BCUT2D eigenvalue weighted by Crippen LogP contribution is 2.29. The Morgan fingerprint density at radius 1 is 1.03 bits per heavy atom. The molecular formula is C21H31N3O4S. The zero-order chi connectivity index (χ0) is 20.3. The lowest BCUT2D eigenvalue weighted by Gasteiger charge is -2.27. The maximum atomic E-state index is 13.1. The van der Waals surface area contributed by atoms with Crippen LogP contribution in [0.2, 0.25) is 0 Å². The molecule has 1 aromatic rings. The Balaban J connectivity index is 1.60. The second-order valence-electron chi connectivity index (χ2n) is 8.18. The van der Waals surface area contributed by atoms with E-state index in [1.165, 1.54) is 0 Å². The van der Waals surface area contributed by atoms with Crippen LogP contribution in [0.5, 0.6) is 0 Å². The van der Waals surface area contributed by atoms with Gasteiger partial charge in [0.1, 0.15) is 0 Å². The molecule has 7 nitrogen and oxygen atoms in total. The molecular weight excluding hydrogens is 390 g/mol. The van der Waals surface area contributed by atoms with Gasteiger partial charge in [0, 0.05) is 45.0 Å². The van der Waals surface area contributed by atoms with Crippen LogP contribution in [0.3, 0.4) is 0 Å². The van der Waals surface area contributed by atoms with Gasteiger partial charge in [-0.2, -0.15) is 4.31 Å². The molecule has 0 radical (unpaired) electrons. The fourth-order valence-electron chi connectivity index (χ4n) is 4.45. The number of anilines is 1. The summed E-state index contributed by atoms with van der Waals surface area (Å²) in [6, 6.07) is 5.04. The number of piperidine rings is 1. The van der Waals surface area contributed by atoms with Gasteiger partial charge in [-0.05, 0) is 56.7 Å². The standard InChI is InChI=1S/C21H31N3O4S/c25-21(22-16-17-7-6-14-28-17)19-15-18(8-9-20(19)23-10-4-5-11-23)29(26,27)24-12-2-1-3-13-24/h8-9,15,17H,1-7,10-14,16H2,(H,22,25)/t17-/m1/s1. The average Bonchev–Trinajstić information content (AvgIpc) is 3.46. The van der Waals surface area contributed by atoms with E-state index in [9.17, 15) is 13.2 Å². The minimum atomic E-state index is -3.58. The van der Waals surface area contributed by atoms with Gasteiger partial charge in [0.05, 0.1) is 16.6 Å². The molecule has 0 aromatic heterocycles. The van der Waals surface area contributed by atoms with Gasteiger partial charge in [-0.3, -0.25) is 4.79 Å². The van der Waals surface area contributed by atoms with Crippen LogP contribution in [0.1, 0.15) is 55.3 Å². The van der Waals surface area contributed by atoms with Crippen molar-refractivity contribution in [2.24, 2.45) is 0 Å². The average molecular weight is 422 g/mol. The molecule has 0 bridgehead atoms. The van der Waals surface area contributed by atoms with Crippen LogP contribution >= 0.6 is 0 Å². The predicted octanol–water partition coefficient (Wildman–Crippen LogP) is 2.37. The number of ether oxygens (including phenoxy) is 1. The van der Waals surface area contributed by atoms with Gasteiger partial charge in [0.15, 0.2) is 0 Å². The van der Waals surface area contributed by atoms with E-state index < -0.39 is 10.0 Å². The van der Waals surface area contributed by atoms with E-state index in [0.29, 0.717) is 25.2 Å². The monoisotopic (exact) mass is 421 g/mol. The zero-order valence-corrected chi connectivity index (χ0v) is 17.8. The third kappa shape index (κ3) is 4.59. The summed E-state index contributed by atoms with van der Waals surface area (Å²) in [5.74, 6) is -0.224. The van der Waals surface area contributed by atoms with Crippen molar-refractivity contribution < 1.29 is 17.9 Å². The summed E-state index contributed by atoms with van der Waals surface area (Å²) in [4.78, 5) is 15.4. The van der Waals surface area contributed by atoms with Crippen molar-refractivity contribution in [3.05, 3.63) is 23.8 Å². The number of nitrogens with one attached hydrogen (secondary N) is 1. The number of hydrogen-bond donors (Lipinski definition) is 1. The van der Waals surface area contributed by atoms with Crippen LogP contribution in [-0.2, 0) is 14.8 Å². The molecule has 29 heavy (non-hydrogen) atoms. The van der Waals surface area contributed by atoms with Gasteiger partial charge in [0.2, 0.25) is 10.0 Å². The van der Waals surface area contributed by atoms with Crippen LogP contribution in [0.4, 0.5) is 5.69 Å². The number of carbonyl (C=O) groups excluding carboxylic acids is 1. The minimum Gasteiger partial charge on any atom is -0.376 e. The normalized spacial score (nSPS) is 23.4. The summed E-state index contributed by atoms with van der Waals surface area (Å²) in [7, 11) is -3.58. The quantitative estimate of drug-likeness (QED) is 0.763. The lowest BCUT2D eigenvalue weighted by atomic mass is 10.1. The first-order chi connectivity index (χ1) is 14.1. The molecule has 1 amide bonds. The van der Waals surface area contributed by atoms with E-state index in [0.717, 1.165) is 70.3 Å². The van der Waals surface area contributed by atoms with Gasteiger partial charge < -0.3 is 15.0 Å². The Labute approximate surface area is 173 Å². The second kappa shape index (κ2) is 9.02. The SMILES string of the molecule is O=C(NC[C@H]1CCCO1)c1cc(S(=O)(=O)N2CCCCC2)ccc1N1CCCC1.